The van der Waals surface area contributed by atoms with Crippen molar-refractivity contribution >= 4 is 11.7 Å². The van der Waals surface area contributed by atoms with Crippen LogP contribution in [0.4, 0.5) is 4.39 Å². The molecule has 1 aromatic rings. The maximum atomic E-state index is 13.5. The minimum Gasteiger partial charge on any atom is -0.335 e. The molecule has 0 N–H and O–H groups in total. The number of likely N-dealkylation sites (tertiary alicyclic amines) is 1. The van der Waals surface area contributed by atoms with Crippen molar-refractivity contribution in [2.45, 2.75) is 20.3 Å². The number of carbonyl (C=O) groups excluding carboxylic acids is 2. The molecule has 0 radical (unpaired) electrons. The van der Waals surface area contributed by atoms with Crippen LogP contribution < -0.4 is 0 Å². The van der Waals surface area contributed by atoms with E-state index in [1.165, 1.54) is 12.1 Å². The summed E-state index contributed by atoms with van der Waals surface area (Å²) in [4.78, 5) is 25.4. The molecule has 0 bridgehead atoms. The summed E-state index contributed by atoms with van der Waals surface area (Å²) < 4.78 is 13.5. The maximum Gasteiger partial charge on any atom is 0.223 e. The lowest BCUT2D eigenvalue weighted by molar-refractivity contribution is -0.127. The van der Waals surface area contributed by atoms with Crippen LogP contribution in [-0.4, -0.2) is 29.7 Å². The quantitative estimate of drug-likeness (QED) is 0.783. The lowest BCUT2D eigenvalue weighted by Crippen LogP contribution is -2.32. The van der Waals surface area contributed by atoms with Gasteiger partial charge in [0.25, 0.3) is 0 Å². The van der Waals surface area contributed by atoms with Crippen LogP contribution in [0.3, 0.4) is 0 Å². The number of benzene rings is 1. The van der Waals surface area contributed by atoms with Crippen molar-refractivity contribution < 1.29 is 14.0 Å². The van der Waals surface area contributed by atoms with Gasteiger partial charge in [0.05, 0.1) is 12.1 Å². The molecule has 1 unspecified atom stereocenters. The third kappa shape index (κ3) is 3.00. The smallest absolute Gasteiger partial charge is 0.223 e. The highest BCUT2D eigenvalue weighted by atomic mass is 19.1. The van der Waals surface area contributed by atoms with Gasteiger partial charge in [0.1, 0.15) is 5.82 Å². The minimum absolute atomic E-state index is 0.0108. The van der Waals surface area contributed by atoms with Crippen molar-refractivity contribution in [3.05, 3.63) is 35.6 Å². The summed E-state index contributed by atoms with van der Waals surface area (Å²) in [7, 11) is 0. The second kappa shape index (κ2) is 5.51. The van der Waals surface area contributed by atoms with E-state index in [2.05, 4.69) is 13.8 Å². The molecule has 3 nitrogen and oxygen atoms in total. The zero-order valence-corrected chi connectivity index (χ0v) is 11.2. The zero-order chi connectivity index (χ0) is 14.0. The van der Waals surface area contributed by atoms with E-state index in [0.717, 1.165) is 0 Å². The number of hydrogen-bond donors (Lipinski definition) is 0. The van der Waals surface area contributed by atoms with Crippen LogP contribution in [0.1, 0.15) is 30.6 Å². The van der Waals surface area contributed by atoms with Gasteiger partial charge in [-0.1, -0.05) is 26.0 Å². The number of hydrogen-bond acceptors (Lipinski definition) is 2. The Morgan fingerprint density at radius 3 is 2.68 bits per heavy atom. The fourth-order valence-corrected chi connectivity index (χ4v) is 2.35. The number of ketones is 1. The Balaban J connectivity index is 2.04. The fourth-order valence-electron chi connectivity index (χ4n) is 2.35. The van der Waals surface area contributed by atoms with Gasteiger partial charge in [0.15, 0.2) is 5.78 Å². The molecule has 1 heterocycles. The summed E-state index contributed by atoms with van der Waals surface area (Å²) in [6, 6.07) is 5.88. The highest BCUT2D eigenvalue weighted by Gasteiger charge is 2.32. The largest absolute Gasteiger partial charge is 0.335 e. The van der Waals surface area contributed by atoms with Crippen LogP contribution in [0.2, 0.25) is 0 Å². The van der Waals surface area contributed by atoms with Crippen molar-refractivity contribution in [2.75, 3.05) is 13.1 Å². The molecule has 1 saturated heterocycles. The average Bonchev–Trinajstić information content (AvgIpc) is 2.71. The number of nitrogens with zero attached hydrogens (tertiary/aromatic N) is 1. The number of halogens is 1. The lowest BCUT2D eigenvalue weighted by Gasteiger charge is -2.17. The second-order valence-electron chi connectivity index (χ2n) is 5.39. The molecule has 102 valence electrons. The van der Waals surface area contributed by atoms with Gasteiger partial charge in [0.2, 0.25) is 5.91 Å². The Hall–Kier alpha value is -1.71. The van der Waals surface area contributed by atoms with Gasteiger partial charge in [-0.05, 0) is 24.0 Å². The van der Waals surface area contributed by atoms with Crippen LogP contribution >= 0.6 is 0 Å². The standard InChI is InChI=1S/C15H18FNO2/c1-10(2)11-7-15(19)17(8-11)9-14(18)12-5-3-4-6-13(12)16/h3-6,10-11H,7-9H2,1-2H3. The molecular formula is C15H18FNO2. The predicted molar refractivity (Wildman–Crippen MR) is 70.3 cm³/mol. The third-order valence-corrected chi connectivity index (χ3v) is 3.70. The van der Waals surface area contributed by atoms with Crippen LogP contribution in [-0.2, 0) is 4.79 Å². The molecule has 0 aromatic heterocycles. The maximum absolute atomic E-state index is 13.5. The molecule has 1 fully saturated rings. The summed E-state index contributed by atoms with van der Waals surface area (Å²) >= 11 is 0. The Morgan fingerprint density at radius 1 is 1.42 bits per heavy atom. The van der Waals surface area contributed by atoms with Crippen molar-refractivity contribution in [3.8, 4) is 0 Å². The molecule has 1 amide bonds. The summed E-state index contributed by atoms with van der Waals surface area (Å²) in [6.45, 7) is 4.71. The SMILES string of the molecule is CC(C)C1CC(=O)N(CC(=O)c2ccccc2F)C1. The first-order valence-corrected chi connectivity index (χ1v) is 6.54. The molecule has 1 atom stereocenters. The Bertz CT molecular complexity index is 499. The summed E-state index contributed by atoms with van der Waals surface area (Å²) in [6.07, 6.45) is 0.488. The van der Waals surface area contributed by atoms with Gasteiger partial charge in [-0.15, -0.1) is 0 Å². The van der Waals surface area contributed by atoms with Crippen LogP contribution in [0.15, 0.2) is 24.3 Å². The molecule has 1 aromatic carbocycles. The summed E-state index contributed by atoms with van der Waals surface area (Å²) in [5, 5.41) is 0. The number of Topliss-reactive ketones (excluding diaryl/α,β-unsaturated/α-hetero) is 1. The van der Waals surface area contributed by atoms with E-state index in [1.807, 2.05) is 0 Å². The van der Waals surface area contributed by atoms with Crippen molar-refractivity contribution in [1.82, 2.24) is 4.90 Å². The summed E-state index contributed by atoms with van der Waals surface area (Å²) in [5.41, 5.74) is 0.0586. The van der Waals surface area contributed by atoms with E-state index in [0.29, 0.717) is 24.8 Å². The van der Waals surface area contributed by atoms with E-state index in [-0.39, 0.29) is 23.8 Å². The molecule has 0 saturated carbocycles. The van der Waals surface area contributed by atoms with Gasteiger partial charge in [-0.25, -0.2) is 4.39 Å². The molecule has 4 heteroatoms. The normalized spacial score (nSPS) is 19.3. The van der Waals surface area contributed by atoms with E-state index in [4.69, 9.17) is 0 Å². The van der Waals surface area contributed by atoms with Crippen LogP contribution in [0.5, 0.6) is 0 Å². The van der Waals surface area contributed by atoms with Gasteiger partial charge in [0, 0.05) is 13.0 Å². The van der Waals surface area contributed by atoms with E-state index in [1.54, 1.807) is 17.0 Å². The fraction of sp³-hybridized carbons (Fsp3) is 0.467. The number of rotatable bonds is 4. The molecular weight excluding hydrogens is 245 g/mol. The van der Waals surface area contributed by atoms with Gasteiger partial charge >= 0.3 is 0 Å². The molecule has 2 rings (SSSR count). The van der Waals surface area contributed by atoms with Crippen molar-refractivity contribution in [3.63, 3.8) is 0 Å². The van der Waals surface area contributed by atoms with E-state index < -0.39 is 5.82 Å². The first kappa shape index (κ1) is 13.7. The summed E-state index contributed by atoms with van der Waals surface area (Å²) in [5.74, 6) is -0.169. The van der Waals surface area contributed by atoms with Gasteiger partial charge in [-0.2, -0.15) is 0 Å². The zero-order valence-electron chi connectivity index (χ0n) is 11.2. The average molecular weight is 263 g/mol. The van der Waals surface area contributed by atoms with E-state index in [9.17, 15) is 14.0 Å². The van der Waals surface area contributed by atoms with Crippen molar-refractivity contribution in [2.24, 2.45) is 11.8 Å². The molecule has 1 aliphatic heterocycles. The third-order valence-electron chi connectivity index (χ3n) is 3.70. The Kier molecular flexibility index (Phi) is 3.98. The highest BCUT2D eigenvalue weighted by molar-refractivity contribution is 5.99. The first-order chi connectivity index (χ1) is 8.99. The van der Waals surface area contributed by atoms with Crippen molar-refractivity contribution in [1.29, 1.82) is 0 Å². The first-order valence-electron chi connectivity index (χ1n) is 6.54. The minimum atomic E-state index is -0.528. The van der Waals surface area contributed by atoms with Gasteiger partial charge in [-0.3, -0.25) is 9.59 Å². The lowest BCUT2D eigenvalue weighted by atomic mass is 9.95. The monoisotopic (exact) mass is 263 g/mol. The predicted octanol–water partition coefficient (Wildman–Crippen LogP) is 2.51. The molecule has 0 aliphatic carbocycles. The Labute approximate surface area is 112 Å². The second-order valence-corrected chi connectivity index (χ2v) is 5.39. The van der Waals surface area contributed by atoms with Crippen LogP contribution in [0.25, 0.3) is 0 Å². The number of carbonyl (C=O) groups is 2. The van der Waals surface area contributed by atoms with Gasteiger partial charge < -0.3 is 4.90 Å². The Morgan fingerprint density at radius 2 is 2.11 bits per heavy atom. The van der Waals surface area contributed by atoms with E-state index >= 15 is 0 Å². The molecule has 0 spiro atoms. The number of amides is 1. The highest BCUT2D eigenvalue weighted by Crippen LogP contribution is 2.25. The van der Waals surface area contributed by atoms with Crippen LogP contribution in [0, 0.1) is 17.7 Å². The molecule has 19 heavy (non-hydrogen) atoms. The molecule has 1 aliphatic rings. The topological polar surface area (TPSA) is 37.4 Å².